The first-order valence-electron chi connectivity index (χ1n) is 6.28. The van der Waals surface area contributed by atoms with Crippen LogP contribution in [-0.2, 0) is 0 Å². The Morgan fingerprint density at radius 1 is 1.37 bits per heavy atom. The van der Waals surface area contributed by atoms with E-state index in [1.54, 1.807) is 13.3 Å². The average Bonchev–Trinajstić information content (AvgIpc) is 2.48. The highest BCUT2D eigenvalue weighted by molar-refractivity contribution is 5.44. The zero-order chi connectivity index (χ0) is 13.2. The van der Waals surface area contributed by atoms with Crippen molar-refractivity contribution >= 4 is 0 Å². The normalized spacial score (nSPS) is 21.4. The fourth-order valence-corrected chi connectivity index (χ4v) is 2.38. The van der Waals surface area contributed by atoms with Crippen LogP contribution < -0.4 is 15.2 Å². The van der Waals surface area contributed by atoms with E-state index in [0.717, 1.165) is 29.0 Å². The molecular formula is C15H16N2O2. The lowest BCUT2D eigenvalue weighted by atomic mass is 9.94. The molecular weight excluding hydrogens is 240 g/mol. The summed E-state index contributed by atoms with van der Waals surface area (Å²) >= 11 is 0. The van der Waals surface area contributed by atoms with Crippen molar-refractivity contribution in [3.8, 4) is 11.5 Å². The van der Waals surface area contributed by atoms with Gasteiger partial charge in [0.15, 0.2) is 0 Å². The molecule has 0 radical (unpaired) electrons. The summed E-state index contributed by atoms with van der Waals surface area (Å²) in [7, 11) is 1.65. The number of hydrogen-bond acceptors (Lipinski definition) is 4. The number of fused-ring (bicyclic) bond motifs is 1. The van der Waals surface area contributed by atoms with Gasteiger partial charge in [0, 0.05) is 36.0 Å². The van der Waals surface area contributed by atoms with Gasteiger partial charge in [-0.25, -0.2) is 0 Å². The first kappa shape index (κ1) is 12.0. The van der Waals surface area contributed by atoms with Crippen LogP contribution >= 0.6 is 0 Å². The lowest BCUT2D eigenvalue weighted by Crippen LogP contribution is -2.24. The van der Waals surface area contributed by atoms with E-state index in [-0.39, 0.29) is 12.1 Å². The van der Waals surface area contributed by atoms with Crippen molar-refractivity contribution in [2.75, 3.05) is 7.11 Å². The van der Waals surface area contributed by atoms with Gasteiger partial charge >= 0.3 is 0 Å². The van der Waals surface area contributed by atoms with E-state index in [9.17, 15) is 0 Å². The minimum Gasteiger partial charge on any atom is -0.497 e. The van der Waals surface area contributed by atoms with E-state index in [1.807, 2.05) is 36.5 Å². The second kappa shape index (κ2) is 4.90. The highest BCUT2D eigenvalue weighted by Gasteiger charge is 2.27. The molecule has 4 nitrogen and oxygen atoms in total. The highest BCUT2D eigenvalue weighted by Crippen LogP contribution is 2.40. The van der Waals surface area contributed by atoms with Crippen molar-refractivity contribution in [1.29, 1.82) is 0 Å². The number of nitrogens with two attached hydrogens (primary N) is 1. The van der Waals surface area contributed by atoms with Crippen molar-refractivity contribution in [3.05, 3.63) is 53.9 Å². The Bertz CT molecular complexity index is 572. The van der Waals surface area contributed by atoms with Gasteiger partial charge in [-0.15, -0.1) is 0 Å². The van der Waals surface area contributed by atoms with E-state index in [1.165, 1.54) is 0 Å². The van der Waals surface area contributed by atoms with Crippen molar-refractivity contribution in [3.63, 3.8) is 0 Å². The van der Waals surface area contributed by atoms with E-state index >= 15 is 0 Å². The SMILES string of the molecule is COc1ccc2c(c1)C(N)CC(c1cccnc1)O2. The maximum Gasteiger partial charge on any atom is 0.127 e. The molecule has 2 atom stereocenters. The average molecular weight is 256 g/mol. The summed E-state index contributed by atoms with van der Waals surface area (Å²) in [5, 5.41) is 0. The third-order valence-electron chi connectivity index (χ3n) is 3.41. The first-order chi connectivity index (χ1) is 9.28. The van der Waals surface area contributed by atoms with Crippen molar-refractivity contribution in [1.82, 2.24) is 4.98 Å². The summed E-state index contributed by atoms with van der Waals surface area (Å²) in [5.41, 5.74) is 8.30. The quantitative estimate of drug-likeness (QED) is 0.897. The van der Waals surface area contributed by atoms with Gasteiger partial charge in [-0.2, -0.15) is 0 Å². The number of hydrogen-bond donors (Lipinski definition) is 1. The standard InChI is InChI=1S/C15H16N2O2/c1-18-11-4-5-14-12(7-11)13(16)8-15(19-14)10-3-2-6-17-9-10/h2-7,9,13,15H,8,16H2,1H3. The van der Waals surface area contributed by atoms with Crippen LogP contribution in [0.2, 0.25) is 0 Å². The zero-order valence-electron chi connectivity index (χ0n) is 10.7. The maximum atomic E-state index is 6.24. The molecule has 2 heterocycles. The molecule has 1 aliphatic rings. The number of pyridine rings is 1. The van der Waals surface area contributed by atoms with Crippen LogP contribution in [0.3, 0.4) is 0 Å². The molecule has 0 aliphatic carbocycles. The topological polar surface area (TPSA) is 57.4 Å². The molecule has 4 heteroatoms. The van der Waals surface area contributed by atoms with Gasteiger partial charge in [-0.3, -0.25) is 4.98 Å². The van der Waals surface area contributed by atoms with E-state index < -0.39 is 0 Å². The second-order valence-electron chi connectivity index (χ2n) is 4.64. The monoisotopic (exact) mass is 256 g/mol. The van der Waals surface area contributed by atoms with E-state index in [0.29, 0.717) is 0 Å². The molecule has 0 spiro atoms. The number of ether oxygens (including phenoxy) is 2. The summed E-state index contributed by atoms with van der Waals surface area (Å²) < 4.78 is 11.2. The van der Waals surface area contributed by atoms with Gasteiger partial charge in [0.25, 0.3) is 0 Å². The molecule has 0 saturated carbocycles. The summed E-state index contributed by atoms with van der Waals surface area (Å²) in [4.78, 5) is 4.13. The molecule has 2 aromatic rings. The summed E-state index contributed by atoms with van der Waals surface area (Å²) in [6, 6.07) is 9.61. The molecule has 0 saturated heterocycles. The number of methoxy groups -OCH3 is 1. The molecule has 0 amide bonds. The van der Waals surface area contributed by atoms with Gasteiger partial charge in [0.2, 0.25) is 0 Å². The van der Waals surface area contributed by atoms with Crippen molar-refractivity contribution in [2.45, 2.75) is 18.6 Å². The lowest BCUT2D eigenvalue weighted by Gasteiger charge is -2.30. The smallest absolute Gasteiger partial charge is 0.127 e. The highest BCUT2D eigenvalue weighted by atomic mass is 16.5. The van der Waals surface area contributed by atoms with Crippen LogP contribution in [0.25, 0.3) is 0 Å². The Morgan fingerprint density at radius 2 is 2.26 bits per heavy atom. The van der Waals surface area contributed by atoms with Crippen LogP contribution in [0.5, 0.6) is 11.5 Å². The predicted octanol–water partition coefficient (Wildman–Crippen LogP) is 2.61. The molecule has 1 aliphatic heterocycles. The van der Waals surface area contributed by atoms with Crippen LogP contribution in [0.4, 0.5) is 0 Å². The fraction of sp³-hybridized carbons (Fsp3) is 0.267. The number of nitrogens with zero attached hydrogens (tertiary/aromatic N) is 1. The Balaban J connectivity index is 1.92. The third kappa shape index (κ3) is 2.27. The molecule has 0 fully saturated rings. The molecule has 2 unspecified atom stereocenters. The Kier molecular flexibility index (Phi) is 3.09. The van der Waals surface area contributed by atoms with E-state index in [2.05, 4.69) is 4.98 Å². The van der Waals surface area contributed by atoms with Crippen LogP contribution in [0, 0.1) is 0 Å². The molecule has 1 aromatic carbocycles. The van der Waals surface area contributed by atoms with E-state index in [4.69, 9.17) is 15.2 Å². The largest absolute Gasteiger partial charge is 0.497 e. The summed E-state index contributed by atoms with van der Waals surface area (Å²) in [5.74, 6) is 1.63. The Hall–Kier alpha value is -2.07. The van der Waals surface area contributed by atoms with Crippen molar-refractivity contribution < 1.29 is 9.47 Å². The van der Waals surface area contributed by atoms with Gasteiger partial charge < -0.3 is 15.2 Å². The third-order valence-corrected chi connectivity index (χ3v) is 3.41. The molecule has 98 valence electrons. The van der Waals surface area contributed by atoms with Gasteiger partial charge in [-0.05, 0) is 24.3 Å². The minimum atomic E-state index is -0.0518. The molecule has 2 N–H and O–H groups in total. The first-order valence-corrected chi connectivity index (χ1v) is 6.28. The number of rotatable bonds is 2. The number of benzene rings is 1. The Morgan fingerprint density at radius 3 is 3.00 bits per heavy atom. The predicted molar refractivity (Wildman–Crippen MR) is 72.1 cm³/mol. The van der Waals surface area contributed by atoms with Crippen LogP contribution in [0.15, 0.2) is 42.7 Å². The lowest BCUT2D eigenvalue weighted by molar-refractivity contribution is 0.161. The summed E-state index contributed by atoms with van der Waals surface area (Å²) in [6.45, 7) is 0. The second-order valence-corrected chi connectivity index (χ2v) is 4.64. The molecule has 3 rings (SSSR count). The van der Waals surface area contributed by atoms with Crippen LogP contribution in [-0.4, -0.2) is 12.1 Å². The summed E-state index contributed by atoms with van der Waals surface area (Å²) in [6.07, 6.45) is 4.28. The van der Waals surface area contributed by atoms with Crippen LogP contribution in [0.1, 0.15) is 29.7 Å². The molecule has 19 heavy (non-hydrogen) atoms. The number of aromatic nitrogens is 1. The van der Waals surface area contributed by atoms with Gasteiger partial charge in [0.1, 0.15) is 17.6 Å². The van der Waals surface area contributed by atoms with Crippen molar-refractivity contribution in [2.24, 2.45) is 5.73 Å². The molecule has 0 bridgehead atoms. The molecule has 1 aromatic heterocycles. The zero-order valence-corrected chi connectivity index (χ0v) is 10.7. The fourth-order valence-electron chi connectivity index (χ4n) is 2.38. The van der Waals surface area contributed by atoms with Gasteiger partial charge in [0.05, 0.1) is 7.11 Å². The Labute approximate surface area is 112 Å². The maximum absolute atomic E-state index is 6.24. The minimum absolute atomic E-state index is 0.0374. The van der Waals surface area contributed by atoms with Gasteiger partial charge in [-0.1, -0.05) is 6.07 Å².